The van der Waals surface area contributed by atoms with E-state index in [0.29, 0.717) is 12.8 Å². The molecule has 0 N–H and O–H groups in total. The van der Waals surface area contributed by atoms with Crippen LogP contribution in [0.1, 0.15) is 26.7 Å². The van der Waals surface area contributed by atoms with Gasteiger partial charge < -0.3 is 13.9 Å². The molecule has 0 saturated heterocycles. The second-order valence-electron chi connectivity index (χ2n) is 2.08. The fourth-order valence-corrected chi connectivity index (χ4v) is 1.74. The predicted octanol–water partition coefficient (Wildman–Crippen LogP) is -1.03. The van der Waals surface area contributed by atoms with Gasteiger partial charge in [-0.15, -0.1) is 0 Å². The first kappa shape index (κ1) is 18.0. The van der Waals surface area contributed by atoms with Gasteiger partial charge in [-0.05, 0) is 24.4 Å². The van der Waals surface area contributed by atoms with Crippen molar-refractivity contribution in [1.82, 2.24) is 0 Å². The SMILES string of the molecule is CCC(=S)OP(=O)([O-])OC(=S)CC.[K+]. The molecule has 0 atom stereocenters. The van der Waals surface area contributed by atoms with Crippen molar-refractivity contribution in [2.75, 3.05) is 0 Å². The number of thiocarbonyl (C=S) groups is 2. The van der Waals surface area contributed by atoms with Crippen molar-refractivity contribution in [3.05, 3.63) is 0 Å². The van der Waals surface area contributed by atoms with E-state index in [0.717, 1.165) is 0 Å². The summed E-state index contributed by atoms with van der Waals surface area (Å²) in [7, 11) is -4.37. The summed E-state index contributed by atoms with van der Waals surface area (Å²) >= 11 is 9.15. The molecule has 0 aromatic carbocycles. The first-order valence-electron chi connectivity index (χ1n) is 3.67. The van der Waals surface area contributed by atoms with Gasteiger partial charge in [-0.25, -0.2) is 4.57 Å². The van der Waals surface area contributed by atoms with Crippen molar-refractivity contribution in [3.63, 3.8) is 0 Å². The molecule has 0 aliphatic heterocycles. The van der Waals surface area contributed by atoms with E-state index in [-0.39, 0.29) is 61.5 Å². The van der Waals surface area contributed by atoms with E-state index in [9.17, 15) is 9.46 Å². The zero-order valence-electron chi connectivity index (χ0n) is 8.31. The molecule has 0 aliphatic carbocycles. The molecule has 0 aromatic heterocycles. The van der Waals surface area contributed by atoms with Gasteiger partial charge in [0.25, 0.3) is 0 Å². The average molecular weight is 280 g/mol. The molecule has 8 heteroatoms. The Morgan fingerprint density at radius 1 is 1.21 bits per heavy atom. The van der Waals surface area contributed by atoms with Crippen LogP contribution in [0, 0.1) is 0 Å². The topological polar surface area (TPSA) is 58.6 Å². The number of rotatable bonds is 4. The zero-order valence-corrected chi connectivity index (χ0v) is 14.0. The summed E-state index contributed by atoms with van der Waals surface area (Å²) in [6.07, 6.45) is 0.674. The summed E-state index contributed by atoms with van der Waals surface area (Å²) in [6, 6.07) is 0. The second-order valence-corrected chi connectivity index (χ2v) is 4.25. The Hall–Kier alpha value is 1.61. The van der Waals surface area contributed by atoms with Crippen LogP contribution in [-0.2, 0) is 13.6 Å². The van der Waals surface area contributed by atoms with E-state index in [1.165, 1.54) is 0 Å². The van der Waals surface area contributed by atoms with E-state index < -0.39 is 7.82 Å². The fraction of sp³-hybridized carbons (Fsp3) is 0.667. The molecule has 14 heavy (non-hydrogen) atoms. The molecule has 0 spiro atoms. The van der Waals surface area contributed by atoms with Crippen molar-refractivity contribution in [2.45, 2.75) is 26.7 Å². The smallest absolute Gasteiger partial charge is 0.736 e. The maximum Gasteiger partial charge on any atom is 1.00 e. The molecule has 0 radical (unpaired) electrons. The molecular weight excluding hydrogens is 270 g/mol. The number of hydrogen-bond acceptors (Lipinski definition) is 6. The maximum absolute atomic E-state index is 11.0. The van der Waals surface area contributed by atoms with Crippen LogP contribution in [-0.4, -0.2) is 10.1 Å². The molecule has 76 valence electrons. The van der Waals surface area contributed by atoms with Crippen molar-refractivity contribution >= 4 is 42.4 Å². The monoisotopic (exact) mass is 280 g/mol. The van der Waals surface area contributed by atoms with E-state index in [1.54, 1.807) is 13.8 Å². The minimum absolute atomic E-state index is 0. The van der Waals surface area contributed by atoms with E-state index in [2.05, 4.69) is 33.5 Å². The Labute approximate surface area is 137 Å². The minimum Gasteiger partial charge on any atom is -0.736 e. The van der Waals surface area contributed by atoms with Crippen LogP contribution < -0.4 is 56.3 Å². The molecule has 0 saturated carbocycles. The molecule has 0 amide bonds. The maximum atomic E-state index is 11.0. The third-order valence-corrected chi connectivity index (χ3v) is 2.88. The van der Waals surface area contributed by atoms with Gasteiger partial charge in [0.1, 0.15) is 0 Å². The van der Waals surface area contributed by atoms with Gasteiger partial charge in [0.2, 0.25) is 0 Å². The van der Waals surface area contributed by atoms with E-state index >= 15 is 0 Å². The second kappa shape index (κ2) is 8.72. The average Bonchev–Trinajstić information content (AvgIpc) is 2.02. The summed E-state index contributed by atoms with van der Waals surface area (Å²) in [6.45, 7) is 3.36. The Bertz CT molecular complexity index is 236. The van der Waals surface area contributed by atoms with Gasteiger partial charge in [0, 0.05) is 12.8 Å². The van der Waals surface area contributed by atoms with Gasteiger partial charge in [-0.1, -0.05) is 13.8 Å². The zero-order chi connectivity index (χ0) is 10.5. The summed E-state index contributed by atoms with van der Waals surface area (Å²) in [4.78, 5) is 11.0. The summed E-state index contributed by atoms with van der Waals surface area (Å²) < 4.78 is 19.7. The summed E-state index contributed by atoms with van der Waals surface area (Å²) in [5.74, 6) is 0. The molecular formula is C6H10KO4PS2. The van der Waals surface area contributed by atoms with Crippen LogP contribution in [0.4, 0.5) is 0 Å². The van der Waals surface area contributed by atoms with Crippen LogP contribution in [0.2, 0.25) is 0 Å². The molecule has 4 nitrogen and oxygen atoms in total. The predicted molar refractivity (Wildman–Crippen MR) is 55.6 cm³/mol. The molecule has 0 unspecified atom stereocenters. The standard InChI is InChI=1S/C6H11O4PS2.K/c1-3-5(12)9-11(7,8)10-6(13)4-2;/h3-4H2,1-2H3,(H,7,8);/q;+1/p-1. The van der Waals surface area contributed by atoms with Gasteiger partial charge in [-0.3, -0.25) is 0 Å². The van der Waals surface area contributed by atoms with Gasteiger partial charge >= 0.3 is 59.2 Å². The third kappa shape index (κ3) is 8.88. The van der Waals surface area contributed by atoms with Crippen LogP contribution in [0.25, 0.3) is 0 Å². The molecule has 0 bridgehead atoms. The third-order valence-electron chi connectivity index (χ3n) is 1.00. The summed E-state index contributed by atoms with van der Waals surface area (Å²) in [5.41, 5.74) is 0. The molecule has 0 fully saturated rings. The van der Waals surface area contributed by atoms with Crippen molar-refractivity contribution in [1.29, 1.82) is 0 Å². The van der Waals surface area contributed by atoms with Crippen molar-refractivity contribution in [3.8, 4) is 0 Å². The quantitative estimate of drug-likeness (QED) is 0.373. The van der Waals surface area contributed by atoms with Crippen LogP contribution in [0.3, 0.4) is 0 Å². The molecule has 0 aliphatic rings. The Balaban J connectivity index is 0. The first-order chi connectivity index (χ1) is 5.91. The van der Waals surface area contributed by atoms with Gasteiger partial charge in [-0.2, -0.15) is 0 Å². The fourth-order valence-electron chi connectivity index (χ4n) is 0.397. The van der Waals surface area contributed by atoms with Crippen molar-refractivity contribution < 1.29 is 69.9 Å². The van der Waals surface area contributed by atoms with Crippen LogP contribution in [0.15, 0.2) is 0 Å². The number of hydrogen-bond donors (Lipinski definition) is 0. The summed E-state index contributed by atoms with van der Waals surface area (Å²) in [5, 5.41) is -0.0607. The normalized spacial score (nSPS) is 9.93. The largest absolute Gasteiger partial charge is 1.00 e. The molecule has 0 aromatic rings. The number of phosphoric ester groups is 1. The van der Waals surface area contributed by atoms with Crippen LogP contribution >= 0.6 is 32.3 Å². The molecule has 0 heterocycles. The first-order valence-corrected chi connectivity index (χ1v) is 5.95. The van der Waals surface area contributed by atoms with Crippen LogP contribution in [0.5, 0.6) is 0 Å². The van der Waals surface area contributed by atoms with E-state index in [1.807, 2.05) is 0 Å². The Kier molecular flexibility index (Phi) is 11.2. The minimum atomic E-state index is -4.37. The Morgan fingerprint density at radius 2 is 1.50 bits per heavy atom. The van der Waals surface area contributed by atoms with Gasteiger partial charge in [0.05, 0.1) is 0 Å². The van der Waals surface area contributed by atoms with Gasteiger partial charge in [0.15, 0.2) is 10.1 Å². The van der Waals surface area contributed by atoms with Crippen molar-refractivity contribution in [2.24, 2.45) is 0 Å². The van der Waals surface area contributed by atoms with E-state index in [4.69, 9.17) is 0 Å². The Morgan fingerprint density at radius 3 is 1.71 bits per heavy atom. The number of phosphoric acid groups is 1. The molecule has 0 rings (SSSR count).